The molecule has 0 aliphatic rings. The quantitative estimate of drug-likeness (QED) is 0.786. The van der Waals surface area contributed by atoms with E-state index in [1.807, 2.05) is 20.9 Å². The van der Waals surface area contributed by atoms with Crippen LogP contribution in [0.15, 0.2) is 24.3 Å². The highest BCUT2D eigenvalue weighted by Crippen LogP contribution is 2.24. The van der Waals surface area contributed by atoms with Crippen LogP contribution < -0.4 is 10.6 Å². The van der Waals surface area contributed by atoms with Crippen molar-refractivity contribution in [2.75, 3.05) is 11.9 Å². The van der Waals surface area contributed by atoms with Gasteiger partial charge in [-0.15, -0.1) is 0 Å². The van der Waals surface area contributed by atoms with Crippen molar-refractivity contribution in [3.05, 3.63) is 46.8 Å². The first kappa shape index (κ1) is 20.2. The minimum Gasteiger partial charge on any atom is -0.322 e. The molecule has 0 aliphatic heterocycles. The smallest absolute Gasteiger partial charge is 0.238 e. The Bertz CT molecular complexity index is 744. The lowest BCUT2D eigenvalue weighted by atomic mass is 9.93. The van der Waals surface area contributed by atoms with Crippen LogP contribution in [0.4, 0.5) is 5.69 Å². The maximum Gasteiger partial charge on any atom is 0.238 e. The summed E-state index contributed by atoms with van der Waals surface area (Å²) in [6.07, 6.45) is 0. The third-order valence-corrected chi connectivity index (χ3v) is 4.88. The van der Waals surface area contributed by atoms with Gasteiger partial charge in [0.15, 0.2) is 0 Å². The van der Waals surface area contributed by atoms with E-state index in [1.54, 1.807) is 4.68 Å². The Morgan fingerprint density at radius 2 is 1.65 bits per heavy atom. The highest BCUT2D eigenvalue weighted by Gasteiger charge is 2.18. The van der Waals surface area contributed by atoms with E-state index in [-0.39, 0.29) is 18.5 Å². The second-order valence-electron chi connectivity index (χ2n) is 7.64. The highest BCUT2D eigenvalue weighted by atomic mass is 16.1. The van der Waals surface area contributed by atoms with Crippen molar-refractivity contribution in [2.45, 2.75) is 53.5 Å². The molecule has 1 aromatic carbocycles. The molecule has 0 fully saturated rings. The molecular formula is C21H32N4O. The number of benzene rings is 1. The fourth-order valence-corrected chi connectivity index (χ4v) is 3.17. The van der Waals surface area contributed by atoms with E-state index >= 15 is 0 Å². The number of aryl methyl sites for hydroxylation is 2. The fourth-order valence-electron chi connectivity index (χ4n) is 3.17. The van der Waals surface area contributed by atoms with Gasteiger partial charge in [0, 0.05) is 13.1 Å². The molecule has 0 radical (unpaired) electrons. The molecule has 0 bridgehead atoms. The predicted molar refractivity (Wildman–Crippen MR) is 107 cm³/mol. The summed E-state index contributed by atoms with van der Waals surface area (Å²) in [6, 6.07) is 8.83. The zero-order chi connectivity index (χ0) is 19.4. The Morgan fingerprint density at radius 1 is 1.08 bits per heavy atom. The number of hydrogen-bond donors (Lipinski definition) is 2. The first-order valence-corrected chi connectivity index (χ1v) is 9.34. The van der Waals surface area contributed by atoms with Crippen molar-refractivity contribution in [3.8, 4) is 0 Å². The average molecular weight is 357 g/mol. The molecule has 0 saturated carbocycles. The third kappa shape index (κ3) is 4.73. The minimum absolute atomic E-state index is 0.0475. The number of carbonyl (C=O) groups is 1. The molecule has 26 heavy (non-hydrogen) atoms. The Kier molecular flexibility index (Phi) is 6.59. The summed E-state index contributed by atoms with van der Waals surface area (Å²) in [4.78, 5) is 12.4. The first-order chi connectivity index (χ1) is 12.2. The Morgan fingerprint density at radius 3 is 2.12 bits per heavy atom. The molecule has 5 nitrogen and oxygen atoms in total. The van der Waals surface area contributed by atoms with Gasteiger partial charge in [0.2, 0.25) is 5.91 Å². The van der Waals surface area contributed by atoms with Crippen LogP contribution in [0.3, 0.4) is 0 Å². The lowest BCUT2D eigenvalue weighted by molar-refractivity contribution is -0.115. The zero-order valence-electron chi connectivity index (χ0n) is 17.1. The van der Waals surface area contributed by atoms with Gasteiger partial charge in [0.1, 0.15) is 0 Å². The van der Waals surface area contributed by atoms with Crippen LogP contribution in [0, 0.1) is 19.8 Å². The Labute approximate surface area is 157 Å². The third-order valence-electron chi connectivity index (χ3n) is 4.88. The molecule has 5 heteroatoms. The van der Waals surface area contributed by atoms with Gasteiger partial charge in [-0.3, -0.25) is 9.48 Å². The summed E-state index contributed by atoms with van der Waals surface area (Å²) in [7, 11) is 1.88. The van der Waals surface area contributed by atoms with Crippen molar-refractivity contribution in [1.82, 2.24) is 15.1 Å². The number of carbonyl (C=O) groups excluding carboxylic acids is 1. The SMILES string of the molecule is Cc1nn(C)c(C)c1NC(=O)CN[C@H](c1ccc(C(C)C)cc1)C(C)C. The van der Waals surface area contributed by atoms with Crippen LogP contribution in [0.5, 0.6) is 0 Å². The van der Waals surface area contributed by atoms with E-state index in [0.29, 0.717) is 11.8 Å². The second kappa shape index (κ2) is 8.49. The van der Waals surface area contributed by atoms with Gasteiger partial charge in [-0.1, -0.05) is 52.0 Å². The standard InChI is InChI=1S/C21H32N4O/c1-13(2)17-8-10-18(11-9-17)20(14(3)4)22-12-19(26)23-21-15(5)24-25(7)16(21)6/h8-11,13-14,20,22H,12H2,1-7H3,(H,23,26)/t20-/m0/s1. The van der Waals surface area contributed by atoms with Crippen molar-refractivity contribution >= 4 is 11.6 Å². The van der Waals surface area contributed by atoms with Gasteiger partial charge >= 0.3 is 0 Å². The molecule has 2 rings (SSSR count). The number of nitrogens with zero attached hydrogens (tertiary/aromatic N) is 2. The van der Waals surface area contributed by atoms with E-state index < -0.39 is 0 Å². The maximum atomic E-state index is 12.4. The van der Waals surface area contributed by atoms with Crippen molar-refractivity contribution in [3.63, 3.8) is 0 Å². The molecule has 2 aromatic rings. The van der Waals surface area contributed by atoms with E-state index in [2.05, 4.69) is 67.7 Å². The molecule has 1 heterocycles. The molecule has 1 aromatic heterocycles. The summed E-state index contributed by atoms with van der Waals surface area (Å²) in [5.74, 6) is 0.856. The number of anilines is 1. The van der Waals surface area contributed by atoms with Gasteiger partial charge in [0.25, 0.3) is 0 Å². The first-order valence-electron chi connectivity index (χ1n) is 9.34. The average Bonchev–Trinajstić information content (AvgIpc) is 2.81. The zero-order valence-corrected chi connectivity index (χ0v) is 17.1. The van der Waals surface area contributed by atoms with Gasteiger partial charge in [-0.25, -0.2) is 0 Å². The predicted octanol–water partition coefficient (Wildman–Crippen LogP) is 4.09. The summed E-state index contributed by atoms with van der Waals surface area (Å²) < 4.78 is 1.78. The molecule has 0 aliphatic carbocycles. The largest absolute Gasteiger partial charge is 0.322 e. The van der Waals surface area contributed by atoms with Gasteiger partial charge < -0.3 is 10.6 Å². The number of amides is 1. The monoisotopic (exact) mass is 356 g/mol. The van der Waals surface area contributed by atoms with E-state index in [9.17, 15) is 4.79 Å². The highest BCUT2D eigenvalue weighted by molar-refractivity contribution is 5.93. The maximum absolute atomic E-state index is 12.4. The summed E-state index contributed by atoms with van der Waals surface area (Å²) >= 11 is 0. The number of aromatic nitrogens is 2. The van der Waals surface area contributed by atoms with Crippen molar-refractivity contribution in [2.24, 2.45) is 13.0 Å². The van der Waals surface area contributed by atoms with Crippen LogP contribution in [-0.4, -0.2) is 22.2 Å². The Balaban J connectivity index is 2.03. The van der Waals surface area contributed by atoms with E-state index in [4.69, 9.17) is 0 Å². The molecule has 1 amide bonds. The molecule has 0 unspecified atom stereocenters. The van der Waals surface area contributed by atoms with Crippen molar-refractivity contribution < 1.29 is 4.79 Å². The lowest BCUT2D eigenvalue weighted by Crippen LogP contribution is -2.33. The Hall–Kier alpha value is -2.14. The van der Waals surface area contributed by atoms with Crippen LogP contribution in [0.1, 0.15) is 62.2 Å². The van der Waals surface area contributed by atoms with Gasteiger partial charge in [-0.05, 0) is 36.8 Å². The number of hydrogen-bond acceptors (Lipinski definition) is 3. The number of rotatable bonds is 7. The topological polar surface area (TPSA) is 59.0 Å². The van der Waals surface area contributed by atoms with E-state index in [1.165, 1.54) is 11.1 Å². The van der Waals surface area contributed by atoms with Crippen molar-refractivity contribution in [1.29, 1.82) is 0 Å². The van der Waals surface area contributed by atoms with E-state index in [0.717, 1.165) is 17.1 Å². The summed E-state index contributed by atoms with van der Waals surface area (Å²) in [6.45, 7) is 12.9. The second-order valence-corrected chi connectivity index (χ2v) is 7.64. The van der Waals surface area contributed by atoms with Crippen LogP contribution in [0.25, 0.3) is 0 Å². The molecule has 2 N–H and O–H groups in total. The van der Waals surface area contributed by atoms with Crippen LogP contribution in [0.2, 0.25) is 0 Å². The fraction of sp³-hybridized carbons (Fsp3) is 0.524. The van der Waals surface area contributed by atoms with Crippen LogP contribution >= 0.6 is 0 Å². The molecule has 1 atom stereocenters. The molecule has 0 saturated heterocycles. The minimum atomic E-state index is -0.0475. The van der Waals surface area contributed by atoms with Crippen LogP contribution in [-0.2, 0) is 11.8 Å². The van der Waals surface area contributed by atoms with Gasteiger partial charge in [-0.2, -0.15) is 5.10 Å². The lowest BCUT2D eigenvalue weighted by Gasteiger charge is -2.23. The molecule has 0 spiro atoms. The molecule has 142 valence electrons. The summed E-state index contributed by atoms with van der Waals surface area (Å²) in [5, 5.41) is 10.7. The molecular weight excluding hydrogens is 324 g/mol. The normalized spacial score (nSPS) is 12.7. The van der Waals surface area contributed by atoms with Gasteiger partial charge in [0.05, 0.1) is 23.6 Å². The number of nitrogens with one attached hydrogen (secondary N) is 2. The summed E-state index contributed by atoms with van der Waals surface area (Å²) in [5.41, 5.74) is 5.15.